The molecule has 2 aliphatic rings. The van der Waals surface area contributed by atoms with E-state index in [1.54, 1.807) is 0 Å². The molecule has 0 aromatic heterocycles. The Morgan fingerprint density at radius 1 is 1.23 bits per heavy atom. The van der Waals surface area contributed by atoms with Crippen LogP contribution < -0.4 is 5.32 Å². The molecule has 2 aliphatic carbocycles. The van der Waals surface area contributed by atoms with E-state index in [-0.39, 0.29) is 0 Å². The van der Waals surface area contributed by atoms with Gasteiger partial charge in [0.05, 0.1) is 0 Å². The van der Waals surface area contributed by atoms with Crippen LogP contribution >= 0.6 is 0 Å². The molecule has 0 amide bonds. The molecule has 0 aliphatic heterocycles. The lowest BCUT2D eigenvalue weighted by Crippen LogP contribution is -2.44. The third-order valence-electron chi connectivity index (χ3n) is 4.00. The SMILES string of the molecule is CC1CC(NCC2(C)CCCC2)C1. The summed E-state index contributed by atoms with van der Waals surface area (Å²) in [6.45, 7) is 6.08. The lowest BCUT2D eigenvalue weighted by atomic mass is 9.80. The Bertz CT molecular complexity index is 164. The molecule has 0 spiro atoms. The van der Waals surface area contributed by atoms with Crippen LogP contribution in [-0.2, 0) is 0 Å². The summed E-state index contributed by atoms with van der Waals surface area (Å²) >= 11 is 0. The van der Waals surface area contributed by atoms with E-state index in [1.165, 1.54) is 45.1 Å². The van der Waals surface area contributed by atoms with Gasteiger partial charge in [-0.15, -0.1) is 0 Å². The van der Waals surface area contributed by atoms with Crippen LogP contribution in [0.2, 0.25) is 0 Å². The number of rotatable bonds is 3. The fourth-order valence-corrected chi connectivity index (χ4v) is 2.87. The Balaban J connectivity index is 1.67. The van der Waals surface area contributed by atoms with Gasteiger partial charge in [0, 0.05) is 12.6 Å². The van der Waals surface area contributed by atoms with Gasteiger partial charge in [0.15, 0.2) is 0 Å². The molecule has 0 radical (unpaired) electrons. The molecule has 0 aromatic carbocycles. The molecule has 1 heteroatoms. The quantitative estimate of drug-likeness (QED) is 0.706. The van der Waals surface area contributed by atoms with E-state index in [0.29, 0.717) is 5.41 Å². The van der Waals surface area contributed by atoms with Crippen LogP contribution in [0.3, 0.4) is 0 Å². The molecule has 1 N–H and O–H groups in total. The van der Waals surface area contributed by atoms with Crippen molar-refractivity contribution in [2.75, 3.05) is 6.54 Å². The first-order valence-corrected chi connectivity index (χ1v) is 5.91. The Labute approximate surface area is 82.3 Å². The highest BCUT2D eigenvalue weighted by Crippen LogP contribution is 2.37. The van der Waals surface area contributed by atoms with Crippen LogP contribution in [0.25, 0.3) is 0 Å². The minimum Gasteiger partial charge on any atom is -0.313 e. The maximum Gasteiger partial charge on any atom is 0.00723 e. The van der Waals surface area contributed by atoms with Gasteiger partial charge in [0.25, 0.3) is 0 Å². The van der Waals surface area contributed by atoms with Gasteiger partial charge in [-0.2, -0.15) is 0 Å². The highest BCUT2D eigenvalue weighted by Gasteiger charge is 2.31. The largest absolute Gasteiger partial charge is 0.313 e. The summed E-state index contributed by atoms with van der Waals surface area (Å²) in [5, 5.41) is 3.73. The van der Waals surface area contributed by atoms with Crippen molar-refractivity contribution in [3.05, 3.63) is 0 Å². The second-order valence-corrected chi connectivity index (χ2v) is 5.67. The van der Waals surface area contributed by atoms with Crippen molar-refractivity contribution in [1.29, 1.82) is 0 Å². The van der Waals surface area contributed by atoms with Gasteiger partial charge in [-0.05, 0) is 37.0 Å². The second kappa shape index (κ2) is 3.61. The van der Waals surface area contributed by atoms with Gasteiger partial charge in [-0.3, -0.25) is 0 Å². The maximum absolute atomic E-state index is 3.73. The lowest BCUT2D eigenvalue weighted by Gasteiger charge is -2.36. The molecule has 0 bridgehead atoms. The summed E-state index contributed by atoms with van der Waals surface area (Å²) in [5.41, 5.74) is 0.638. The highest BCUT2D eigenvalue weighted by molar-refractivity contribution is 4.87. The molecule has 0 atom stereocenters. The van der Waals surface area contributed by atoms with E-state index in [9.17, 15) is 0 Å². The standard InChI is InChI=1S/C12H23N/c1-10-7-11(8-10)13-9-12(2)5-3-4-6-12/h10-11,13H,3-9H2,1-2H3. The Kier molecular flexibility index (Phi) is 2.64. The van der Waals surface area contributed by atoms with E-state index in [1.807, 2.05) is 0 Å². The van der Waals surface area contributed by atoms with Crippen molar-refractivity contribution < 1.29 is 0 Å². The zero-order chi connectivity index (χ0) is 9.31. The van der Waals surface area contributed by atoms with Crippen LogP contribution in [0.15, 0.2) is 0 Å². The smallest absolute Gasteiger partial charge is 0.00723 e. The van der Waals surface area contributed by atoms with Gasteiger partial charge in [-0.1, -0.05) is 26.7 Å². The molecule has 76 valence electrons. The number of hydrogen-bond donors (Lipinski definition) is 1. The second-order valence-electron chi connectivity index (χ2n) is 5.67. The van der Waals surface area contributed by atoms with E-state index in [0.717, 1.165) is 12.0 Å². The summed E-state index contributed by atoms with van der Waals surface area (Å²) in [6, 6.07) is 0.854. The summed E-state index contributed by atoms with van der Waals surface area (Å²) in [6.07, 6.45) is 8.63. The molecule has 0 unspecified atom stereocenters. The maximum atomic E-state index is 3.73. The lowest BCUT2D eigenvalue weighted by molar-refractivity contribution is 0.205. The molecule has 2 saturated carbocycles. The van der Waals surface area contributed by atoms with Gasteiger partial charge in [-0.25, -0.2) is 0 Å². The summed E-state index contributed by atoms with van der Waals surface area (Å²) in [5.74, 6) is 0.980. The Morgan fingerprint density at radius 3 is 2.38 bits per heavy atom. The minimum atomic E-state index is 0.638. The van der Waals surface area contributed by atoms with Crippen LogP contribution in [0.4, 0.5) is 0 Å². The predicted molar refractivity (Wildman–Crippen MR) is 56.8 cm³/mol. The fourth-order valence-electron chi connectivity index (χ4n) is 2.87. The van der Waals surface area contributed by atoms with Crippen molar-refractivity contribution in [3.63, 3.8) is 0 Å². The molecular formula is C12H23N. The first-order valence-electron chi connectivity index (χ1n) is 5.91. The Morgan fingerprint density at radius 2 is 1.85 bits per heavy atom. The molecular weight excluding hydrogens is 158 g/mol. The minimum absolute atomic E-state index is 0.638. The first-order chi connectivity index (χ1) is 6.18. The van der Waals surface area contributed by atoms with Crippen LogP contribution in [0, 0.1) is 11.3 Å². The first kappa shape index (κ1) is 9.51. The van der Waals surface area contributed by atoms with Gasteiger partial charge in [0.1, 0.15) is 0 Å². The van der Waals surface area contributed by atoms with E-state index in [4.69, 9.17) is 0 Å². The molecule has 0 aromatic rings. The van der Waals surface area contributed by atoms with Crippen LogP contribution in [-0.4, -0.2) is 12.6 Å². The van der Waals surface area contributed by atoms with Crippen molar-refractivity contribution in [1.82, 2.24) is 5.32 Å². The summed E-state index contributed by atoms with van der Waals surface area (Å²) < 4.78 is 0. The van der Waals surface area contributed by atoms with Crippen molar-refractivity contribution >= 4 is 0 Å². The fraction of sp³-hybridized carbons (Fsp3) is 1.00. The van der Waals surface area contributed by atoms with Crippen LogP contribution in [0.1, 0.15) is 52.4 Å². The third kappa shape index (κ3) is 2.25. The molecule has 2 fully saturated rings. The zero-order valence-electron chi connectivity index (χ0n) is 9.10. The van der Waals surface area contributed by atoms with Crippen molar-refractivity contribution in [2.24, 2.45) is 11.3 Å². The average molecular weight is 181 g/mol. The number of nitrogens with one attached hydrogen (secondary N) is 1. The monoisotopic (exact) mass is 181 g/mol. The topological polar surface area (TPSA) is 12.0 Å². The van der Waals surface area contributed by atoms with Crippen molar-refractivity contribution in [3.8, 4) is 0 Å². The van der Waals surface area contributed by atoms with Crippen LogP contribution in [0.5, 0.6) is 0 Å². The molecule has 0 heterocycles. The average Bonchev–Trinajstić information content (AvgIpc) is 2.45. The highest BCUT2D eigenvalue weighted by atomic mass is 14.9. The Hall–Kier alpha value is -0.0400. The molecule has 13 heavy (non-hydrogen) atoms. The van der Waals surface area contributed by atoms with Gasteiger partial charge < -0.3 is 5.32 Å². The molecule has 0 saturated heterocycles. The van der Waals surface area contributed by atoms with Crippen molar-refractivity contribution in [2.45, 2.75) is 58.4 Å². The van der Waals surface area contributed by atoms with E-state index >= 15 is 0 Å². The molecule has 2 rings (SSSR count). The zero-order valence-corrected chi connectivity index (χ0v) is 9.10. The van der Waals surface area contributed by atoms with E-state index in [2.05, 4.69) is 19.2 Å². The summed E-state index contributed by atoms with van der Waals surface area (Å²) in [4.78, 5) is 0. The van der Waals surface area contributed by atoms with Gasteiger partial charge >= 0.3 is 0 Å². The number of hydrogen-bond acceptors (Lipinski definition) is 1. The van der Waals surface area contributed by atoms with Gasteiger partial charge in [0.2, 0.25) is 0 Å². The normalized spacial score (nSPS) is 37.4. The molecule has 1 nitrogen and oxygen atoms in total. The predicted octanol–water partition coefficient (Wildman–Crippen LogP) is 2.95. The van der Waals surface area contributed by atoms with E-state index < -0.39 is 0 Å². The third-order valence-corrected chi connectivity index (χ3v) is 4.00. The summed E-state index contributed by atoms with van der Waals surface area (Å²) in [7, 11) is 0.